The van der Waals surface area contributed by atoms with Gasteiger partial charge < -0.3 is 18.3 Å². The zero-order valence-corrected chi connectivity index (χ0v) is 12.6. The fourth-order valence-electron chi connectivity index (χ4n) is 3.00. The summed E-state index contributed by atoms with van der Waals surface area (Å²) in [4.78, 5) is 11.6. The molecule has 2 aromatic heterocycles. The van der Waals surface area contributed by atoms with Crippen molar-refractivity contribution in [1.29, 1.82) is 0 Å². The SMILES string of the molecule is COc1c2occc2c(CC2OC2(C)C)c2ccc(=O)oc12. The largest absolute Gasteiger partial charge is 0.490 e. The fourth-order valence-corrected chi connectivity index (χ4v) is 3.00. The molecule has 0 spiro atoms. The third-order valence-electron chi connectivity index (χ3n) is 4.32. The van der Waals surface area contributed by atoms with Crippen LogP contribution in [0.25, 0.3) is 21.9 Å². The molecule has 4 rings (SSSR count). The van der Waals surface area contributed by atoms with Crippen LogP contribution in [0.1, 0.15) is 19.4 Å². The van der Waals surface area contributed by atoms with Crippen molar-refractivity contribution in [2.24, 2.45) is 0 Å². The van der Waals surface area contributed by atoms with Crippen molar-refractivity contribution < 1.29 is 18.3 Å². The third kappa shape index (κ3) is 1.85. The first-order chi connectivity index (χ1) is 10.5. The van der Waals surface area contributed by atoms with Crippen molar-refractivity contribution in [2.45, 2.75) is 32.0 Å². The van der Waals surface area contributed by atoms with E-state index < -0.39 is 5.63 Å². The number of furan rings is 1. The predicted octanol–water partition coefficient (Wildman–Crippen LogP) is 3.27. The van der Waals surface area contributed by atoms with Gasteiger partial charge >= 0.3 is 5.63 Å². The first-order valence-electron chi connectivity index (χ1n) is 7.19. The van der Waals surface area contributed by atoms with Gasteiger partial charge in [0, 0.05) is 23.3 Å². The molecule has 5 heteroatoms. The Hall–Kier alpha value is -2.27. The molecule has 1 fully saturated rings. The Balaban J connectivity index is 2.04. The monoisotopic (exact) mass is 300 g/mol. The van der Waals surface area contributed by atoms with Crippen LogP contribution in [-0.2, 0) is 11.2 Å². The second-order valence-electron chi connectivity index (χ2n) is 6.09. The molecule has 114 valence electrons. The Morgan fingerprint density at radius 1 is 1.18 bits per heavy atom. The number of hydrogen-bond donors (Lipinski definition) is 0. The van der Waals surface area contributed by atoms with Gasteiger partial charge in [0.2, 0.25) is 5.75 Å². The molecule has 1 unspecified atom stereocenters. The van der Waals surface area contributed by atoms with Crippen LogP contribution in [0.15, 0.2) is 38.1 Å². The number of benzene rings is 1. The summed E-state index contributed by atoms with van der Waals surface area (Å²) in [6.07, 6.45) is 2.50. The maximum Gasteiger partial charge on any atom is 0.336 e. The average molecular weight is 300 g/mol. The van der Waals surface area contributed by atoms with E-state index in [2.05, 4.69) is 13.8 Å². The molecule has 0 radical (unpaired) electrons. The topological polar surface area (TPSA) is 65.1 Å². The maximum atomic E-state index is 11.6. The minimum Gasteiger partial charge on any atom is -0.490 e. The van der Waals surface area contributed by atoms with E-state index in [9.17, 15) is 4.79 Å². The summed E-state index contributed by atoms with van der Waals surface area (Å²) in [7, 11) is 1.54. The fraction of sp³-hybridized carbons (Fsp3) is 0.353. The lowest BCUT2D eigenvalue weighted by Crippen LogP contribution is -2.07. The van der Waals surface area contributed by atoms with Gasteiger partial charge in [-0.15, -0.1) is 0 Å². The molecule has 1 aliphatic rings. The van der Waals surface area contributed by atoms with Gasteiger partial charge in [-0.3, -0.25) is 0 Å². The summed E-state index contributed by atoms with van der Waals surface area (Å²) in [5.41, 5.74) is 1.55. The van der Waals surface area contributed by atoms with Crippen molar-refractivity contribution >= 4 is 21.9 Å². The summed E-state index contributed by atoms with van der Waals surface area (Å²) < 4.78 is 22.1. The first-order valence-corrected chi connectivity index (χ1v) is 7.19. The average Bonchev–Trinajstić information content (AvgIpc) is 2.87. The van der Waals surface area contributed by atoms with E-state index in [-0.39, 0.29) is 11.7 Å². The molecule has 0 amide bonds. The van der Waals surface area contributed by atoms with Gasteiger partial charge in [-0.1, -0.05) is 0 Å². The van der Waals surface area contributed by atoms with Crippen LogP contribution in [-0.4, -0.2) is 18.8 Å². The highest BCUT2D eigenvalue weighted by molar-refractivity contribution is 6.03. The van der Waals surface area contributed by atoms with Crippen molar-refractivity contribution in [3.8, 4) is 5.75 Å². The lowest BCUT2D eigenvalue weighted by Gasteiger charge is -2.10. The molecule has 22 heavy (non-hydrogen) atoms. The molecule has 3 aromatic rings. The Morgan fingerprint density at radius 3 is 2.59 bits per heavy atom. The molecule has 0 bridgehead atoms. The molecule has 3 heterocycles. The van der Waals surface area contributed by atoms with Crippen molar-refractivity contribution in [3.63, 3.8) is 0 Å². The van der Waals surface area contributed by atoms with E-state index in [1.807, 2.05) is 6.07 Å². The van der Waals surface area contributed by atoms with Crippen molar-refractivity contribution in [3.05, 3.63) is 40.4 Å². The molecule has 1 aliphatic heterocycles. The smallest absolute Gasteiger partial charge is 0.336 e. The van der Waals surface area contributed by atoms with Crippen LogP contribution >= 0.6 is 0 Å². The molecule has 0 N–H and O–H groups in total. The number of rotatable bonds is 3. The minimum absolute atomic E-state index is 0.113. The summed E-state index contributed by atoms with van der Waals surface area (Å²) in [6.45, 7) is 4.13. The van der Waals surface area contributed by atoms with E-state index >= 15 is 0 Å². The van der Waals surface area contributed by atoms with Gasteiger partial charge in [-0.05, 0) is 31.5 Å². The molecular weight excluding hydrogens is 284 g/mol. The zero-order valence-electron chi connectivity index (χ0n) is 12.6. The molecule has 0 saturated carbocycles. The van der Waals surface area contributed by atoms with Crippen LogP contribution in [0.2, 0.25) is 0 Å². The Morgan fingerprint density at radius 2 is 1.91 bits per heavy atom. The van der Waals surface area contributed by atoms with Gasteiger partial charge in [-0.2, -0.15) is 0 Å². The highest BCUT2D eigenvalue weighted by Gasteiger charge is 2.47. The van der Waals surface area contributed by atoms with Crippen LogP contribution in [0, 0.1) is 0 Å². The Bertz CT molecular complexity index is 931. The van der Waals surface area contributed by atoms with Crippen LogP contribution in [0.3, 0.4) is 0 Å². The van der Waals surface area contributed by atoms with E-state index in [0.29, 0.717) is 16.9 Å². The Labute approximate surface area is 126 Å². The van der Waals surface area contributed by atoms with Gasteiger partial charge in [-0.25, -0.2) is 4.79 Å². The van der Waals surface area contributed by atoms with Gasteiger partial charge in [0.25, 0.3) is 0 Å². The van der Waals surface area contributed by atoms with E-state index in [1.165, 1.54) is 13.2 Å². The summed E-state index contributed by atoms with van der Waals surface area (Å²) in [5, 5.41) is 1.82. The molecule has 1 atom stereocenters. The number of epoxide rings is 1. The van der Waals surface area contributed by atoms with Crippen molar-refractivity contribution in [2.75, 3.05) is 7.11 Å². The highest BCUT2D eigenvalue weighted by atomic mass is 16.6. The maximum absolute atomic E-state index is 11.6. The molecule has 0 aliphatic carbocycles. The molecular formula is C17H16O5. The third-order valence-corrected chi connectivity index (χ3v) is 4.32. The summed E-state index contributed by atoms with van der Waals surface area (Å²) >= 11 is 0. The van der Waals surface area contributed by atoms with Crippen LogP contribution in [0.5, 0.6) is 5.75 Å². The summed E-state index contributed by atoms with van der Waals surface area (Å²) in [6, 6.07) is 5.12. The Kier molecular flexibility index (Phi) is 2.66. The van der Waals surface area contributed by atoms with E-state index in [4.69, 9.17) is 18.3 Å². The number of fused-ring (bicyclic) bond motifs is 2. The zero-order chi connectivity index (χ0) is 15.5. The molecule has 5 nitrogen and oxygen atoms in total. The van der Waals surface area contributed by atoms with Gasteiger partial charge in [0.1, 0.15) is 0 Å². The standard InChI is InChI=1S/C17H16O5/c1-17(2)12(22-17)8-11-9-4-5-13(18)21-15(9)16(19-3)14-10(11)6-7-20-14/h4-7,12H,8H2,1-3H3. The second kappa shape index (κ2) is 4.36. The van der Waals surface area contributed by atoms with Crippen LogP contribution in [0.4, 0.5) is 0 Å². The molecule has 1 saturated heterocycles. The molecule has 1 aromatic carbocycles. The number of hydrogen-bond acceptors (Lipinski definition) is 5. The quantitative estimate of drug-likeness (QED) is 0.548. The van der Waals surface area contributed by atoms with Crippen molar-refractivity contribution in [1.82, 2.24) is 0 Å². The first kappa shape index (κ1) is 13.4. The van der Waals surface area contributed by atoms with E-state index in [1.54, 1.807) is 12.3 Å². The highest BCUT2D eigenvalue weighted by Crippen LogP contribution is 2.43. The lowest BCUT2D eigenvalue weighted by molar-refractivity contribution is 0.323. The number of methoxy groups -OCH3 is 1. The predicted molar refractivity (Wildman–Crippen MR) is 81.5 cm³/mol. The van der Waals surface area contributed by atoms with Gasteiger partial charge in [0.05, 0.1) is 25.1 Å². The van der Waals surface area contributed by atoms with Crippen LogP contribution < -0.4 is 10.4 Å². The minimum atomic E-state index is -0.411. The van der Waals surface area contributed by atoms with E-state index in [0.717, 1.165) is 22.8 Å². The lowest BCUT2D eigenvalue weighted by atomic mass is 9.96. The summed E-state index contributed by atoms with van der Waals surface area (Å²) in [5.74, 6) is 0.451. The van der Waals surface area contributed by atoms with Gasteiger partial charge in [0.15, 0.2) is 11.2 Å². The number of ether oxygens (including phenoxy) is 2. The second-order valence-corrected chi connectivity index (χ2v) is 6.09. The normalized spacial score (nSPS) is 19.7.